The van der Waals surface area contributed by atoms with Crippen LogP contribution in [0, 0.1) is 40.4 Å². The lowest BCUT2D eigenvalue weighted by Crippen LogP contribution is -2.70. The van der Waals surface area contributed by atoms with Gasteiger partial charge in [0.05, 0.1) is 24.7 Å². The van der Waals surface area contributed by atoms with Crippen molar-refractivity contribution in [3.8, 4) is 11.8 Å². The van der Waals surface area contributed by atoms with Crippen LogP contribution < -0.4 is 21.3 Å². The minimum Gasteiger partial charge on any atom is -0.449 e. The van der Waals surface area contributed by atoms with Crippen molar-refractivity contribution in [1.82, 2.24) is 31.2 Å². The summed E-state index contributed by atoms with van der Waals surface area (Å²) in [7, 11) is -3.54. The van der Waals surface area contributed by atoms with Crippen molar-refractivity contribution < 1.29 is 69.7 Å². The monoisotopic (exact) mass is 1010 g/mol. The van der Waals surface area contributed by atoms with E-state index < -0.39 is 153 Å². The molecule has 18 nitrogen and oxygen atoms in total. The Hall–Kier alpha value is -5.18. The number of ether oxygens (including phenoxy) is 2. The number of carbonyl (C=O) groups is 7. The number of aromatic nitrogens is 2. The van der Waals surface area contributed by atoms with Crippen LogP contribution in [-0.4, -0.2) is 131 Å². The molecule has 5 N–H and O–H groups in total. The summed E-state index contributed by atoms with van der Waals surface area (Å²) in [6.45, 7) is 8.04. The predicted octanol–water partition coefficient (Wildman–Crippen LogP) is 2.43. The summed E-state index contributed by atoms with van der Waals surface area (Å²) in [5, 5.41) is 20.4. The Kier molecular flexibility index (Phi) is 17.3. The molecule has 4 aliphatic carbocycles. The second-order valence-electron chi connectivity index (χ2n) is 18.5. The Morgan fingerprint density at radius 2 is 1.59 bits per heavy atom. The quantitative estimate of drug-likeness (QED) is 0.0465. The highest BCUT2D eigenvalue weighted by atomic mass is 32.2. The number of carbonyl (C=O) groups excluding carboxylic acids is 7. The summed E-state index contributed by atoms with van der Waals surface area (Å²) in [5.41, 5.74) is -7.32. The third kappa shape index (κ3) is 11.2. The van der Waals surface area contributed by atoms with Crippen molar-refractivity contribution in [2.75, 3.05) is 25.6 Å². The van der Waals surface area contributed by atoms with E-state index in [1.807, 2.05) is 0 Å². The molecule has 0 bridgehead atoms. The molecule has 4 aliphatic rings. The molecule has 378 valence electrons. The molecular formula is C46H59F3N6O12S2. The first-order valence-corrected chi connectivity index (χ1v) is 25.3. The molecule has 4 amide bonds. The topological polar surface area (TPSA) is 266 Å². The smallest absolute Gasteiger partial charge is 0.309 e. The fourth-order valence-corrected chi connectivity index (χ4v) is 11.6. The fourth-order valence-electron chi connectivity index (χ4n) is 10.4. The zero-order valence-electron chi connectivity index (χ0n) is 39.4. The largest absolute Gasteiger partial charge is 0.449 e. The number of aliphatic hydroxyl groups excluding tert-OH is 1. The molecule has 0 saturated heterocycles. The van der Waals surface area contributed by atoms with E-state index in [0.29, 0.717) is 18.4 Å². The Balaban J connectivity index is 1.06. The zero-order valence-corrected chi connectivity index (χ0v) is 41.0. The second-order valence-corrected chi connectivity index (χ2v) is 21.3. The number of aliphatic hydroxyl groups is 1. The maximum Gasteiger partial charge on any atom is 0.309 e. The molecule has 23 heteroatoms. The lowest BCUT2D eigenvalue weighted by atomic mass is 9.44. The Morgan fingerprint density at radius 3 is 2.22 bits per heavy atom. The third-order valence-electron chi connectivity index (χ3n) is 13.9. The summed E-state index contributed by atoms with van der Waals surface area (Å²) in [4.78, 5) is 97.8. The fraction of sp³-hybridized carbons (Fsp3) is 0.630. The van der Waals surface area contributed by atoms with Gasteiger partial charge in [0.2, 0.25) is 43.7 Å². The second kappa shape index (κ2) is 21.9. The number of sulfone groups is 1. The number of esters is 1. The maximum atomic E-state index is 17.7. The van der Waals surface area contributed by atoms with Crippen molar-refractivity contribution in [1.29, 1.82) is 0 Å². The van der Waals surface area contributed by atoms with Gasteiger partial charge in [-0.25, -0.2) is 31.6 Å². The number of fused-ring (bicyclic) bond motifs is 5. The lowest BCUT2D eigenvalue weighted by Gasteiger charge is -2.63. The SMILES string of the molecule is CC1CC2C3CC(F)C4=CC(=O)C=CC4(C)C3(F)C(O)CC2(C)C1(OC(=O)CCOCNC(=O)[C@H](C)NC(=O)[C@H](C)NC(=O)[C@H](C)NC(=O)CCCC#Cc1cnc(S(C)(=O)=O)nc1)C(=O)SCF. The number of alkyl halides is 3. The molecule has 0 aromatic carbocycles. The third-order valence-corrected chi connectivity index (χ3v) is 15.5. The number of hydrogen-bond acceptors (Lipinski definition) is 15. The van der Waals surface area contributed by atoms with E-state index >= 15 is 8.78 Å². The van der Waals surface area contributed by atoms with Gasteiger partial charge in [0, 0.05) is 54.2 Å². The highest BCUT2D eigenvalue weighted by Gasteiger charge is 2.78. The number of thioether (sulfide) groups is 1. The average Bonchev–Trinajstić information content (AvgIpc) is 3.49. The molecule has 3 fully saturated rings. The van der Waals surface area contributed by atoms with Gasteiger partial charge >= 0.3 is 5.97 Å². The van der Waals surface area contributed by atoms with Crippen LogP contribution in [-0.2, 0) is 52.9 Å². The predicted molar refractivity (Wildman–Crippen MR) is 243 cm³/mol. The highest BCUT2D eigenvalue weighted by molar-refractivity contribution is 8.13. The van der Waals surface area contributed by atoms with Crippen LogP contribution in [0.5, 0.6) is 0 Å². The zero-order chi connectivity index (χ0) is 51.3. The van der Waals surface area contributed by atoms with E-state index in [-0.39, 0.29) is 41.9 Å². The van der Waals surface area contributed by atoms with Crippen LogP contribution in [0.25, 0.3) is 0 Å². The number of ketones is 1. The Bertz CT molecular complexity index is 2430. The van der Waals surface area contributed by atoms with Crippen LogP contribution in [0.2, 0.25) is 0 Å². The number of halogens is 3. The molecule has 5 rings (SSSR count). The molecule has 69 heavy (non-hydrogen) atoms. The molecule has 9 unspecified atom stereocenters. The normalized spacial score (nSPS) is 30.3. The van der Waals surface area contributed by atoms with E-state index in [2.05, 4.69) is 43.1 Å². The standard InChI is InChI=1S/C46H59F3N6O12S2/c1-25-17-31-32-19-34(48)33-18-30(56)13-15-43(33,5)45(32,49)35(57)20-44(31,6)46(25,41(63)68-23-47)67-37(59)14-16-66-24-52-38(60)26(2)54-40(62)28(4)55-39(61)27(3)53-36(58)12-10-8-9-11-29-21-50-42(51-22-29)69(7,64)65/h13,15,18,21-22,25-28,31-32,34-35,57H,8,10,12,14,16-17,19-20,23-24H2,1-7H3,(H,52,60)(H,53,58)(H,54,62)(H,55,61)/t25?,26-,27-,28-,31?,32?,34?,35?,43?,44?,45?,46?/m0/s1. The molecule has 1 aromatic rings. The number of unbranched alkanes of at least 4 members (excludes halogenated alkanes) is 1. The number of hydrogen-bond donors (Lipinski definition) is 5. The molecule has 3 saturated carbocycles. The van der Waals surface area contributed by atoms with Crippen LogP contribution >= 0.6 is 11.8 Å². The first-order chi connectivity index (χ1) is 32.3. The summed E-state index contributed by atoms with van der Waals surface area (Å²) in [6.07, 6.45) is 3.05. The number of amides is 4. The van der Waals surface area contributed by atoms with E-state index in [0.717, 1.165) is 18.4 Å². The number of nitrogens with zero attached hydrogens (tertiary/aromatic N) is 2. The lowest BCUT2D eigenvalue weighted by molar-refractivity contribution is -0.229. The van der Waals surface area contributed by atoms with E-state index in [9.17, 15) is 51.5 Å². The van der Waals surface area contributed by atoms with Crippen LogP contribution in [0.15, 0.2) is 41.4 Å². The van der Waals surface area contributed by atoms with Gasteiger partial charge < -0.3 is 35.8 Å². The van der Waals surface area contributed by atoms with Crippen molar-refractivity contribution in [3.05, 3.63) is 41.8 Å². The van der Waals surface area contributed by atoms with Gasteiger partial charge in [-0.1, -0.05) is 31.8 Å². The average molecular weight is 1010 g/mol. The molecule has 1 aromatic heterocycles. The molecule has 0 radical (unpaired) electrons. The summed E-state index contributed by atoms with van der Waals surface area (Å²) in [6, 6.07) is -4.41. The highest BCUT2D eigenvalue weighted by Crippen LogP contribution is 2.72. The van der Waals surface area contributed by atoms with E-state index in [1.54, 1.807) is 13.8 Å². The molecule has 0 spiro atoms. The van der Waals surface area contributed by atoms with Gasteiger partial charge in [-0.3, -0.25) is 33.6 Å². The first kappa shape index (κ1) is 54.8. The first-order valence-electron chi connectivity index (χ1n) is 22.4. The molecular weight excluding hydrogens is 950 g/mol. The van der Waals surface area contributed by atoms with Gasteiger partial charge in [-0.15, -0.1) is 0 Å². The van der Waals surface area contributed by atoms with Crippen LogP contribution in [0.4, 0.5) is 13.2 Å². The summed E-state index contributed by atoms with van der Waals surface area (Å²) < 4.78 is 81.8. The summed E-state index contributed by atoms with van der Waals surface area (Å²) in [5.74, 6) is -1.13. The Morgan fingerprint density at radius 1 is 0.971 bits per heavy atom. The van der Waals surface area contributed by atoms with Crippen LogP contribution in [0.3, 0.4) is 0 Å². The van der Waals surface area contributed by atoms with Gasteiger partial charge in [-0.05, 0) is 88.8 Å². The molecule has 1 heterocycles. The van der Waals surface area contributed by atoms with Crippen molar-refractivity contribution in [2.45, 2.75) is 133 Å². The van der Waals surface area contributed by atoms with E-state index in [4.69, 9.17) is 9.47 Å². The van der Waals surface area contributed by atoms with E-state index in [1.165, 1.54) is 46.2 Å². The number of allylic oxidation sites excluding steroid dienone is 4. The van der Waals surface area contributed by atoms with Crippen molar-refractivity contribution >= 4 is 62.1 Å². The minimum atomic E-state index is -3.54. The molecule has 0 aliphatic heterocycles. The van der Waals surface area contributed by atoms with Gasteiger partial charge in [0.15, 0.2) is 17.1 Å². The number of rotatable bonds is 18. The summed E-state index contributed by atoms with van der Waals surface area (Å²) >= 11 is 0.278. The van der Waals surface area contributed by atoms with Gasteiger partial charge in [-0.2, -0.15) is 0 Å². The number of nitrogens with one attached hydrogen (secondary N) is 4. The van der Waals surface area contributed by atoms with Crippen LogP contribution in [0.1, 0.15) is 92.1 Å². The Labute approximate surface area is 402 Å². The maximum absolute atomic E-state index is 17.7. The molecule has 12 atom stereocenters. The van der Waals surface area contributed by atoms with Gasteiger partial charge in [0.25, 0.3) is 0 Å². The van der Waals surface area contributed by atoms with Crippen molar-refractivity contribution in [2.24, 2.45) is 28.6 Å². The van der Waals surface area contributed by atoms with Crippen molar-refractivity contribution in [3.63, 3.8) is 0 Å². The minimum absolute atomic E-state index is 0.0385. The van der Waals surface area contributed by atoms with Gasteiger partial charge in [0.1, 0.15) is 37.0 Å².